The molecule has 348 valence electrons. The average molecular weight is 986 g/mol. The molecule has 13 heteroatoms. The summed E-state index contributed by atoms with van der Waals surface area (Å²) >= 11 is 5.27. The predicted octanol–water partition coefficient (Wildman–Crippen LogP) is 3.65. The van der Waals surface area contributed by atoms with Gasteiger partial charge in [0, 0.05) is 22.3 Å². The Kier molecular flexibility index (Phi) is 29.2. The van der Waals surface area contributed by atoms with E-state index in [1.165, 1.54) is 0 Å². The summed E-state index contributed by atoms with van der Waals surface area (Å²) in [4.78, 5) is 11.2. The quantitative estimate of drug-likeness (QED) is 0.0203. The maximum absolute atomic E-state index is 10.7. The van der Waals surface area contributed by atoms with Crippen LogP contribution in [-0.4, -0.2) is 73.9 Å². The molecule has 67 heavy (non-hydrogen) atoms. The number of fused-ring (bicyclic) bond motifs is 2. The van der Waals surface area contributed by atoms with Gasteiger partial charge in [-0.1, -0.05) is 48.6 Å². The number of allylic oxidation sites excluding steroid dienone is 8. The standard InChI is InChI=1S/C28H32O4.C22H24O2.C3H5ClO.CH2O3.2K.H/c1-5-9-19-13-25-24(12-8-4)28(32-18-22-16-30-22)20(10-6-2)14-26(25)23(11-7-3)27(19)31-17-21-15-29-21;1-5-9-15-13-19-18(12-8-4)22(24)16(10-6-2)14-20(19)17(11-7-3)21(15)23;4-1-3-2-5-3;2-1-4-3;;;/h5-8,13-14,21-22H,1-4,9-12,15-18H2;5-8,13-14,23-24H,1-4,9-12H2;3H,1-2H2;1,3H;;;/q;;;;2*+1;-1/p-1. The molecule has 7 rings (SSSR count). The van der Waals surface area contributed by atoms with Crippen LogP contribution in [0.1, 0.15) is 45.9 Å². The van der Waals surface area contributed by atoms with Crippen molar-refractivity contribution in [2.75, 3.05) is 38.9 Å². The van der Waals surface area contributed by atoms with E-state index in [1.807, 2.05) is 36.4 Å². The molecule has 4 aromatic rings. The van der Waals surface area contributed by atoms with Crippen molar-refractivity contribution in [3.63, 3.8) is 0 Å². The molecule has 4 aromatic carbocycles. The van der Waals surface area contributed by atoms with Gasteiger partial charge in [0.05, 0.1) is 31.8 Å². The van der Waals surface area contributed by atoms with Crippen molar-refractivity contribution in [2.45, 2.75) is 69.7 Å². The van der Waals surface area contributed by atoms with Gasteiger partial charge in [-0.25, -0.2) is 0 Å². The second kappa shape index (κ2) is 32.3. The summed E-state index contributed by atoms with van der Waals surface area (Å²) in [5, 5.41) is 33.9. The number of hydrogen-bond acceptors (Lipinski definition) is 10. The second-order valence-corrected chi connectivity index (χ2v) is 15.7. The van der Waals surface area contributed by atoms with Crippen LogP contribution in [0.3, 0.4) is 0 Å². The summed E-state index contributed by atoms with van der Waals surface area (Å²) < 4.78 is 28.1. The molecule has 0 aromatic heterocycles. The van der Waals surface area contributed by atoms with Crippen LogP contribution in [0.4, 0.5) is 0 Å². The van der Waals surface area contributed by atoms with Gasteiger partial charge in [0.2, 0.25) is 0 Å². The number of halogens is 1. The zero-order valence-electron chi connectivity index (χ0n) is 40.3. The molecule has 3 atom stereocenters. The Morgan fingerprint density at radius 1 is 0.537 bits per heavy atom. The summed E-state index contributed by atoms with van der Waals surface area (Å²) in [6.07, 6.45) is 20.6. The Balaban J connectivity index is 0.000000567. The second-order valence-electron chi connectivity index (χ2n) is 15.4. The summed E-state index contributed by atoms with van der Waals surface area (Å²) in [7, 11) is 0. The maximum Gasteiger partial charge on any atom is 1.00 e. The van der Waals surface area contributed by atoms with Gasteiger partial charge >= 0.3 is 103 Å². The minimum absolute atomic E-state index is 0. The number of aromatic hydroxyl groups is 2. The molecule has 3 aliphatic heterocycles. The average Bonchev–Trinajstić information content (AvgIpc) is 4.15. The molecule has 10 nitrogen and oxygen atoms in total. The van der Waals surface area contributed by atoms with Crippen LogP contribution in [-0.2, 0) is 75.3 Å². The Morgan fingerprint density at radius 3 is 1.06 bits per heavy atom. The third kappa shape index (κ3) is 17.9. The molecule has 0 saturated carbocycles. The SMILES string of the molecule is C=CCc1cc2c(CC=C)c(O)c(CC=C)cc2c(CC=C)c1O.C=CCc1cc2c(CC=C)c(OCC3CO3)c(CC=C)cc2c(CC=C)c1OCC1CO1.ClCC1CO1.O=CO[O-].[H-].[K+].[K+]. The van der Waals surface area contributed by atoms with Gasteiger partial charge in [0.1, 0.15) is 48.4 Å². The Hall–Kier alpha value is -2.61. The van der Waals surface area contributed by atoms with Crippen LogP contribution in [0.15, 0.2) is 126 Å². The molecular formula is C54H63ClK2O10. The van der Waals surface area contributed by atoms with Crippen LogP contribution in [0.5, 0.6) is 23.0 Å². The molecule has 3 unspecified atom stereocenters. The molecule has 3 heterocycles. The number of alkyl halides is 1. The first-order chi connectivity index (χ1) is 31.6. The molecule has 3 saturated heterocycles. The van der Waals surface area contributed by atoms with E-state index in [-0.39, 0.29) is 134 Å². The van der Waals surface area contributed by atoms with Crippen LogP contribution in [0.2, 0.25) is 0 Å². The summed E-state index contributed by atoms with van der Waals surface area (Å²) in [6.45, 7) is 34.4. The van der Waals surface area contributed by atoms with Crippen LogP contribution < -0.4 is 118 Å². The molecule has 0 spiro atoms. The molecule has 3 aliphatic rings. The number of phenolic OH excluding ortho intramolecular Hbond substituents is 2. The van der Waals surface area contributed by atoms with Crippen LogP contribution in [0.25, 0.3) is 21.5 Å². The Morgan fingerprint density at radius 2 is 0.806 bits per heavy atom. The molecule has 0 radical (unpaired) electrons. The fraction of sp³-hybridized carbons (Fsp3) is 0.315. The molecular weight excluding hydrogens is 922 g/mol. The molecule has 0 bridgehead atoms. The maximum atomic E-state index is 10.7. The number of rotatable bonds is 24. The molecule has 2 N–H and O–H groups in total. The van der Waals surface area contributed by atoms with E-state index in [2.05, 4.69) is 69.7 Å². The van der Waals surface area contributed by atoms with Crippen molar-refractivity contribution in [3.8, 4) is 23.0 Å². The van der Waals surface area contributed by atoms with Crippen molar-refractivity contribution in [3.05, 3.63) is 170 Å². The van der Waals surface area contributed by atoms with Crippen molar-refractivity contribution in [2.24, 2.45) is 0 Å². The minimum Gasteiger partial charge on any atom is -1.00 e. The normalized spacial score (nSPS) is 15.6. The third-order valence-electron chi connectivity index (χ3n) is 10.6. The van der Waals surface area contributed by atoms with E-state index in [0.29, 0.717) is 63.7 Å². The van der Waals surface area contributed by atoms with Gasteiger partial charge in [-0.3, -0.25) is 4.79 Å². The first-order valence-corrected chi connectivity index (χ1v) is 22.1. The van der Waals surface area contributed by atoms with E-state index >= 15 is 0 Å². The number of hydrogen-bond donors (Lipinski definition) is 2. The van der Waals surface area contributed by atoms with Crippen molar-refractivity contribution >= 4 is 39.6 Å². The van der Waals surface area contributed by atoms with E-state index in [9.17, 15) is 10.2 Å². The third-order valence-corrected chi connectivity index (χ3v) is 10.9. The molecule has 0 aliphatic carbocycles. The summed E-state index contributed by atoms with van der Waals surface area (Å²) in [6, 6.07) is 8.33. The fourth-order valence-electron chi connectivity index (χ4n) is 7.38. The van der Waals surface area contributed by atoms with Gasteiger partial charge in [-0.2, -0.15) is 0 Å². The van der Waals surface area contributed by atoms with Gasteiger partial charge < -0.3 is 45.5 Å². The Bertz CT molecular complexity index is 2200. The van der Waals surface area contributed by atoms with E-state index in [4.69, 9.17) is 45.3 Å². The van der Waals surface area contributed by atoms with E-state index in [1.54, 1.807) is 24.3 Å². The van der Waals surface area contributed by atoms with Crippen molar-refractivity contribution in [1.29, 1.82) is 0 Å². The largest absolute Gasteiger partial charge is 1.00 e. The fourth-order valence-corrected chi connectivity index (χ4v) is 7.56. The van der Waals surface area contributed by atoms with E-state index < -0.39 is 0 Å². The smallest absolute Gasteiger partial charge is 1.00 e. The number of phenols is 2. The van der Waals surface area contributed by atoms with Crippen molar-refractivity contribution in [1.82, 2.24) is 0 Å². The predicted molar refractivity (Wildman–Crippen MR) is 262 cm³/mol. The van der Waals surface area contributed by atoms with Gasteiger partial charge in [-0.05, 0) is 119 Å². The topological polar surface area (TPSA) is 146 Å². The Labute approximate surface area is 488 Å². The summed E-state index contributed by atoms with van der Waals surface area (Å²) in [5.74, 6) is 3.06. The first-order valence-electron chi connectivity index (χ1n) is 21.5. The molecule has 0 amide bonds. The number of carbonyl (C=O) groups excluding carboxylic acids is 1. The van der Waals surface area contributed by atoms with Gasteiger partial charge in [0.25, 0.3) is 6.47 Å². The number of carbonyl (C=O) groups is 1. The summed E-state index contributed by atoms with van der Waals surface area (Å²) in [5.41, 5.74) is 7.77. The van der Waals surface area contributed by atoms with Gasteiger partial charge in [0.15, 0.2) is 0 Å². The number of benzene rings is 4. The number of ether oxygens (including phenoxy) is 5. The zero-order valence-corrected chi connectivity index (χ0v) is 46.3. The first kappa shape index (κ1) is 60.5. The van der Waals surface area contributed by atoms with E-state index in [0.717, 1.165) is 110 Å². The number of epoxide rings is 3. The van der Waals surface area contributed by atoms with Crippen LogP contribution in [0, 0.1) is 0 Å². The van der Waals surface area contributed by atoms with Gasteiger partial charge in [-0.15, -0.1) is 64.2 Å². The minimum atomic E-state index is -0.181. The van der Waals surface area contributed by atoms with Crippen LogP contribution >= 0.6 is 11.6 Å². The van der Waals surface area contributed by atoms with Crippen molar-refractivity contribution < 1.29 is 153 Å². The zero-order chi connectivity index (χ0) is 47.3. The monoisotopic (exact) mass is 984 g/mol. The molecule has 3 fully saturated rings.